The van der Waals surface area contributed by atoms with Crippen LogP contribution in [0.25, 0.3) is 0 Å². The van der Waals surface area contributed by atoms with E-state index in [1.165, 1.54) is 6.07 Å². The van der Waals surface area contributed by atoms with Crippen molar-refractivity contribution in [3.8, 4) is 0 Å². The number of aliphatic carboxylic acids is 1. The molecule has 0 saturated heterocycles. The van der Waals surface area contributed by atoms with E-state index in [0.29, 0.717) is 0 Å². The summed E-state index contributed by atoms with van der Waals surface area (Å²) in [4.78, 5) is 45.3. The highest BCUT2D eigenvalue weighted by atomic mass is 16.6. The fraction of sp³-hybridized carbons (Fsp3) is 0.250. The zero-order valence-electron chi connectivity index (χ0n) is 10.2. The van der Waals surface area contributed by atoms with Gasteiger partial charge in [0.2, 0.25) is 0 Å². The molecule has 1 aliphatic heterocycles. The minimum Gasteiger partial charge on any atom is -0.481 e. The van der Waals surface area contributed by atoms with E-state index in [2.05, 4.69) is 0 Å². The van der Waals surface area contributed by atoms with Crippen LogP contribution in [0.15, 0.2) is 18.2 Å². The lowest BCUT2D eigenvalue weighted by Gasteiger charge is -2.12. The maximum absolute atomic E-state index is 12.0. The quantitative estimate of drug-likeness (QED) is 0.488. The molecule has 0 aliphatic carbocycles. The van der Waals surface area contributed by atoms with Crippen LogP contribution in [0.2, 0.25) is 0 Å². The van der Waals surface area contributed by atoms with Crippen LogP contribution in [0.4, 0.5) is 5.69 Å². The van der Waals surface area contributed by atoms with E-state index in [9.17, 15) is 24.5 Å². The number of nitrogens with zero attached hydrogens (tertiary/aromatic N) is 2. The van der Waals surface area contributed by atoms with Gasteiger partial charge in [-0.2, -0.15) is 0 Å². The molecule has 20 heavy (non-hydrogen) atoms. The van der Waals surface area contributed by atoms with Crippen LogP contribution in [0.1, 0.15) is 33.6 Å². The lowest BCUT2D eigenvalue weighted by atomic mass is 10.1. The molecule has 8 nitrogen and oxygen atoms in total. The average molecular weight is 278 g/mol. The first-order valence-electron chi connectivity index (χ1n) is 5.78. The molecule has 0 saturated carbocycles. The number of non-ortho nitro benzene ring substituents is 1. The summed E-state index contributed by atoms with van der Waals surface area (Å²) in [7, 11) is 0. The molecule has 0 aromatic heterocycles. The predicted molar refractivity (Wildman–Crippen MR) is 65.3 cm³/mol. The summed E-state index contributed by atoms with van der Waals surface area (Å²) in [5, 5.41) is 19.2. The standard InChI is InChI=1S/C12H10N2O6/c15-10(16)2-1-5-13-11(17)8-4-3-7(14(19)20)6-9(8)12(13)18/h3-4,6H,1-2,5H2,(H,15,16). The molecular formula is C12H10N2O6. The van der Waals surface area contributed by atoms with Gasteiger partial charge in [0.05, 0.1) is 16.1 Å². The topological polar surface area (TPSA) is 118 Å². The van der Waals surface area contributed by atoms with Gasteiger partial charge in [-0.3, -0.25) is 29.4 Å². The molecule has 1 aromatic rings. The highest BCUT2D eigenvalue weighted by Gasteiger charge is 2.36. The molecule has 0 spiro atoms. The van der Waals surface area contributed by atoms with Gasteiger partial charge in [-0.25, -0.2) is 0 Å². The van der Waals surface area contributed by atoms with Crippen LogP contribution in [-0.4, -0.2) is 39.3 Å². The van der Waals surface area contributed by atoms with Crippen LogP contribution in [-0.2, 0) is 4.79 Å². The summed E-state index contributed by atoms with van der Waals surface area (Å²) >= 11 is 0. The van der Waals surface area contributed by atoms with Gasteiger partial charge in [0.1, 0.15) is 0 Å². The third kappa shape index (κ3) is 2.35. The number of nitro groups is 1. The molecule has 2 rings (SSSR count). The number of fused-ring (bicyclic) bond motifs is 1. The first-order chi connectivity index (χ1) is 9.41. The van der Waals surface area contributed by atoms with E-state index in [-0.39, 0.29) is 36.2 Å². The van der Waals surface area contributed by atoms with Crippen LogP contribution in [0, 0.1) is 10.1 Å². The fourth-order valence-electron chi connectivity index (χ4n) is 1.98. The van der Waals surface area contributed by atoms with Gasteiger partial charge in [0.25, 0.3) is 17.5 Å². The van der Waals surface area contributed by atoms with E-state index in [4.69, 9.17) is 5.11 Å². The van der Waals surface area contributed by atoms with E-state index in [0.717, 1.165) is 17.0 Å². The summed E-state index contributed by atoms with van der Waals surface area (Å²) in [5.41, 5.74) is -0.173. The summed E-state index contributed by atoms with van der Waals surface area (Å²) in [6, 6.07) is 3.46. The maximum Gasteiger partial charge on any atom is 0.303 e. The Morgan fingerprint density at radius 3 is 2.50 bits per heavy atom. The Bertz CT molecular complexity index is 624. The zero-order valence-corrected chi connectivity index (χ0v) is 10.2. The first kappa shape index (κ1) is 13.7. The van der Waals surface area contributed by atoms with Crippen molar-refractivity contribution < 1.29 is 24.4 Å². The summed E-state index contributed by atoms with van der Waals surface area (Å²) < 4.78 is 0. The highest BCUT2D eigenvalue weighted by Crippen LogP contribution is 2.26. The van der Waals surface area contributed by atoms with Crippen LogP contribution in [0.3, 0.4) is 0 Å². The molecule has 1 N–H and O–H groups in total. The van der Waals surface area contributed by atoms with Crippen molar-refractivity contribution in [2.75, 3.05) is 6.54 Å². The highest BCUT2D eigenvalue weighted by molar-refractivity contribution is 6.21. The molecule has 1 aliphatic rings. The second-order valence-electron chi connectivity index (χ2n) is 4.25. The second-order valence-corrected chi connectivity index (χ2v) is 4.25. The van der Waals surface area contributed by atoms with Gasteiger partial charge in [-0.1, -0.05) is 0 Å². The van der Waals surface area contributed by atoms with Gasteiger partial charge in [-0.15, -0.1) is 0 Å². The van der Waals surface area contributed by atoms with Crippen LogP contribution < -0.4 is 0 Å². The number of carbonyl (C=O) groups is 3. The van der Waals surface area contributed by atoms with Gasteiger partial charge >= 0.3 is 5.97 Å². The Balaban J connectivity index is 2.21. The molecule has 0 atom stereocenters. The summed E-state index contributed by atoms with van der Waals surface area (Å²) in [5.74, 6) is -2.19. The zero-order chi connectivity index (χ0) is 14.9. The minimum atomic E-state index is -1.02. The van der Waals surface area contributed by atoms with E-state index in [1.54, 1.807) is 0 Å². The lowest BCUT2D eigenvalue weighted by molar-refractivity contribution is -0.384. The number of benzene rings is 1. The van der Waals surface area contributed by atoms with Gasteiger partial charge in [0, 0.05) is 25.1 Å². The second kappa shape index (κ2) is 5.08. The van der Waals surface area contributed by atoms with Crippen LogP contribution in [0.5, 0.6) is 0 Å². The Kier molecular flexibility index (Phi) is 3.47. The normalized spacial score (nSPS) is 13.5. The number of carboxylic acid groups (broad SMARTS) is 1. The largest absolute Gasteiger partial charge is 0.481 e. The van der Waals surface area contributed by atoms with Gasteiger partial charge < -0.3 is 5.11 Å². The number of amides is 2. The summed E-state index contributed by atoms with van der Waals surface area (Å²) in [6.45, 7) is -0.0214. The summed E-state index contributed by atoms with van der Waals surface area (Å²) in [6.07, 6.45) is -0.0174. The van der Waals surface area contributed by atoms with Gasteiger partial charge in [-0.05, 0) is 12.5 Å². The third-order valence-corrected chi connectivity index (χ3v) is 2.94. The number of imide groups is 1. The monoisotopic (exact) mass is 278 g/mol. The minimum absolute atomic E-state index is 0.0143. The molecule has 8 heteroatoms. The number of hydrogen-bond donors (Lipinski definition) is 1. The van der Waals surface area contributed by atoms with Crippen molar-refractivity contribution in [2.45, 2.75) is 12.8 Å². The van der Waals surface area contributed by atoms with E-state index in [1.807, 2.05) is 0 Å². The fourth-order valence-corrected chi connectivity index (χ4v) is 1.98. The van der Waals surface area contributed by atoms with Crippen molar-refractivity contribution in [1.29, 1.82) is 0 Å². The average Bonchev–Trinajstić information content (AvgIpc) is 2.63. The Morgan fingerprint density at radius 2 is 1.90 bits per heavy atom. The maximum atomic E-state index is 12.0. The van der Waals surface area contributed by atoms with Crippen LogP contribution >= 0.6 is 0 Å². The van der Waals surface area contributed by atoms with E-state index >= 15 is 0 Å². The van der Waals surface area contributed by atoms with Crippen molar-refractivity contribution in [3.63, 3.8) is 0 Å². The Hall–Kier alpha value is -2.77. The number of carboxylic acids is 1. The van der Waals surface area contributed by atoms with E-state index < -0.39 is 22.7 Å². The lowest BCUT2D eigenvalue weighted by Crippen LogP contribution is -2.31. The Morgan fingerprint density at radius 1 is 1.25 bits per heavy atom. The number of rotatable bonds is 5. The number of nitro benzene ring substituents is 1. The molecule has 1 aromatic carbocycles. The van der Waals surface area contributed by atoms with Gasteiger partial charge in [0.15, 0.2) is 0 Å². The SMILES string of the molecule is O=C(O)CCCN1C(=O)c2ccc([N+](=O)[O-])cc2C1=O. The predicted octanol–water partition coefficient (Wildman–Crippen LogP) is 1.06. The molecule has 0 unspecified atom stereocenters. The Labute approximate surface area is 112 Å². The van der Waals surface area contributed by atoms with Crippen molar-refractivity contribution in [2.24, 2.45) is 0 Å². The molecule has 0 fully saturated rings. The number of hydrogen-bond acceptors (Lipinski definition) is 5. The van der Waals surface area contributed by atoms with Crippen molar-refractivity contribution in [1.82, 2.24) is 4.90 Å². The molecule has 104 valence electrons. The molecule has 2 amide bonds. The third-order valence-electron chi connectivity index (χ3n) is 2.94. The molecule has 0 radical (unpaired) electrons. The molecule has 1 heterocycles. The van der Waals surface area contributed by atoms with Crippen molar-refractivity contribution >= 4 is 23.5 Å². The first-order valence-corrected chi connectivity index (χ1v) is 5.78. The smallest absolute Gasteiger partial charge is 0.303 e. The number of carbonyl (C=O) groups excluding carboxylic acids is 2. The van der Waals surface area contributed by atoms with Crippen molar-refractivity contribution in [3.05, 3.63) is 39.4 Å². The molecule has 0 bridgehead atoms. The molecular weight excluding hydrogens is 268 g/mol.